The lowest BCUT2D eigenvalue weighted by Crippen LogP contribution is -2.33. The first-order chi connectivity index (χ1) is 9.18. The van der Waals surface area contributed by atoms with Gasteiger partial charge in [0.1, 0.15) is 0 Å². The monoisotopic (exact) mass is 291 g/mol. The van der Waals surface area contributed by atoms with Crippen LogP contribution in [0, 0.1) is 0 Å². The van der Waals surface area contributed by atoms with Crippen LogP contribution in [0.5, 0.6) is 0 Å². The van der Waals surface area contributed by atoms with Gasteiger partial charge < -0.3 is 14.7 Å². The first kappa shape index (κ1) is 16.3. The number of anilines is 1. The average molecular weight is 291 g/mol. The molecule has 1 unspecified atom stereocenters. The number of rotatable bonds is 5. The van der Waals surface area contributed by atoms with E-state index in [2.05, 4.69) is 0 Å². The number of carboxylic acid groups (broad SMARTS) is 1. The highest BCUT2D eigenvalue weighted by Gasteiger charge is 2.32. The molecule has 1 aromatic rings. The van der Waals surface area contributed by atoms with E-state index in [1.165, 1.54) is 13.2 Å². The number of aromatic carboxylic acids is 1. The second-order valence-electron chi connectivity index (χ2n) is 4.45. The van der Waals surface area contributed by atoms with Gasteiger partial charge in [-0.3, -0.25) is 0 Å². The van der Waals surface area contributed by atoms with E-state index >= 15 is 0 Å². The zero-order valence-corrected chi connectivity index (χ0v) is 11.4. The Labute approximate surface area is 114 Å². The van der Waals surface area contributed by atoms with Crippen LogP contribution in [-0.4, -0.2) is 37.9 Å². The Morgan fingerprint density at radius 2 is 2.05 bits per heavy atom. The molecule has 0 saturated heterocycles. The minimum atomic E-state index is -4.57. The standard InChI is InChI=1S/C13H16F3NO3/c1-8(7-20-3)17(2)11-5-4-9(13(14,15)16)6-10(11)12(18)19/h4-6,8H,7H2,1-3H3,(H,18,19). The first-order valence-corrected chi connectivity index (χ1v) is 5.84. The molecule has 0 fully saturated rings. The predicted octanol–water partition coefficient (Wildman–Crippen LogP) is 2.87. The summed E-state index contributed by atoms with van der Waals surface area (Å²) in [5.41, 5.74) is -1.15. The van der Waals surface area contributed by atoms with Gasteiger partial charge in [-0.15, -0.1) is 0 Å². The van der Waals surface area contributed by atoms with Crippen LogP contribution in [0.1, 0.15) is 22.8 Å². The fraction of sp³-hybridized carbons (Fsp3) is 0.462. The normalized spacial score (nSPS) is 13.1. The van der Waals surface area contributed by atoms with Crippen LogP contribution in [0.4, 0.5) is 18.9 Å². The molecule has 4 nitrogen and oxygen atoms in total. The molecule has 0 bridgehead atoms. The summed E-state index contributed by atoms with van der Waals surface area (Å²) in [6.45, 7) is 2.11. The Bertz CT molecular complexity index is 488. The van der Waals surface area contributed by atoms with Crippen molar-refractivity contribution in [1.82, 2.24) is 0 Å². The number of methoxy groups -OCH3 is 1. The summed E-state index contributed by atoms with van der Waals surface area (Å²) < 4.78 is 42.8. The van der Waals surface area contributed by atoms with Crippen LogP contribution >= 0.6 is 0 Å². The van der Waals surface area contributed by atoms with E-state index < -0.39 is 17.7 Å². The van der Waals surface area contributed by atoms with Gasteiger partial charge in [0, 0.05) is 20.2 Å². The van der Waals surface area contributed by atoms with Gasteiger partial charge in [-0.1, -0.05) is 0 Å². The smallest absolute Gasteiger partial charge is 0.416 e. The second kappa shape index (κ2) is 6.13. The molecule has 1 aromatic carbocycles. The summed E-state index contributed by atoms with van der Waals surface area (Å²) in [6.07, 6.45) is -4.57. The topological polar surface area (TPSA) is 49.8 Å². The van der Waals surface area contributed by atoms with Gasteiger partial charge in [0.15, 0.2) is 0 Å². The van der Waals surface area contributed by atoms with Crippen molar-refractivity contribution in [3.05, 3.63) is 29.3 Å². The van der Waals surface area contributed by atoms with Crippen LogP contribution in [0.25, 0.3) is 0 Å². The van der Waals surface area contributed by atoms with Gasteiger partial charge in [0.2, 0.25) is 0 Å². The molecule has 1 rings (SSSR count). The third-order valence-corrected chi connectivity index (χ3v) is 3.00. The number of alkyl halides is 3. The number of hydrogen-bond donors (Lipinski definition) is 1. The molecule has 20 heavy (non-hydrogen) atoms. The number of hydrogen-bond acceptors (Lipinski definition) is 3. The third kappa shape index (κ3) is 3.63. The lowest BCUT2D eigenvalue weighted by Gasteiger charge is -2.28. The second-order valence-corrected chi connectivity index (χ2v) is 4.45. The van der Waals surface area contributed by atoms with E-state index in [1.807, 2.05) is 0 Å². The maximum Gasteiger partial charge on any atom is 0.416 e. The zero-order valence-electron chi connectivity index (χ0n) is 11.4. The van der Waals surface area contributed by atoms with Gasteiger partial charge >= 0.3 is 12.1 Å². The average Bonchev–Trinajstić information content (AvgIpc) is 2.36. The van der Waals surface area contributed by atoms with E-state index in [0.717, 1.165) is 6.07 Å². The van der Waals surface area contributed by atoms with E-state index in [4.69, 9.17) is 9.84 Å². The molecule has 1 N–H and O–H groups in total. The van der Waals surface area contributed by atoms with Crippen molar-refractivity contribution in [3.8, 4) is 0 Å². The maximum absolute atomic E-state index is 12.6. The number of likely N-dealkylation sites (N-methyl/N-ethyl adjacent to an activating group) is 1. The summed E-state index contributed by atoms with van der Waals surface area (Å²) >= 11 is 0. The zero-order chi connectivity index (χ0) is 15.5. The van der Waals surface area contributed by atoms with Gasteiger partial charge in [-0.2, -0.15) is 13.2 Å². The highest BCUT2D eigenvalue weighted by atomic mass is 19.4. The predicted molar refractivity (Wildman–Crippen MR) is 68.1 cm³/mol. The fourth-order valence-corrected chi connectivity index (χ4v) is 1.78. The van der Waals surface area contributed by atoms with E-state index in [1.54, 1.807) is 18.9 Å². The molecule has 0 heterocycles. The summed E-state index contributed by atoms with van der Waals surface area (Å²) in [6, 6.07) is 2.51. The molecule has 0 amide bonds. The highest BCUT2D eigenvalue weighted by Crippen LogP contribution is 2.33. The fourth-order valence-electron chi connectivity index (χ4n) is 1.78. The van der Waals surface area contributed by atoms with Crippen molar-refractivity contribution in [1.29, 1.82) is 0 Å². The Morgan fingerprint density at radius 3 is 2.50 bits per heavy atom. The lowest BCUT2D eigenvalue weighted by molar-refractivity contribution is -0.137. The number of carboxylic acids is 1. The molecule has 0 aromatic heterocycles. The van der Waals surface area contributed by atoms with Crippen molar-refractivity contribution in [3.63, 3.8) is 0 Å². The van der Waals surface area contributed by atoms with Gasteiger partial charge in [-0.05, 0) is 25.1 Å². The summed E-state index contributed by atoms with van der Waals surface area (Å²) in [4.78, 5) is 12.7. The SMILES string of the molecule is COCC(C)N(C)c1ccc(C(F)(F)F)cc1C(=O)O. The molecule has 112 valence electrons. The lowest BCUT2D eigenvalue weighted by atomic mass is 10.1. The largest absolute Gasteiger partial charge is 0.478 e. The first-order valence-electron chi connectivity index (χ1n) is 5.84. The molecule has 0 aliphatic carbocycles. The third-order valence-electron chi connectivity index (χ3n) is 3.00. The van der Waals surface area contributed by atoms with Crippen molar-refractivity contribution < 1.29 is 27.8 Å². The summed E-state index contributed by atoms with van der Waals surface area (Å²) in [5.74, 6) is -1.40. The van der Waals surface area contributed by atoms with Crippen molar-refractivity contribution in [2.75, 3.05) is 25.7 Å². The number of benzene rings is 1. The molecule has 7 heteroatoms. The molecule has 0 saturated carbocycles. The minimum absolute atomic E-state index is 0.171. The number of ether oxygens (including phenoxy) is 1. The van der Waals surface area contributed by atoms with Crippen LogP contribution in [0.15, 0.2) is 18.2 Å². The number of halogens is 3. The number of carbonyl (C=O) groups is 1. The highest BCUT2D eigenvalue weighted by molar-refractivity contribution is 5.94. The van der Waals surface area contributed by atoms with Crippen LogP contribution in [-0.2, 0) is 10.9 Å². The molecule has 0 radical (unpaired) electrons. The van der Waals surface area contributed by atoms with Crippen LogP contribution in [0.2, 0.25) is 0 Å². The van der Waals surface area contributed by atoms with E-state index in [0.29, 0.717) is 12.7 Å². The Kier molecular flexibility index (Phi) is 4.99. The van der Waals surface area contributed by atoms with E-state index in [-0.39, 0.29) is 17.3 Å². The Balaban J connectivity index is 3.24. The Morgan fingerprint density at radius 1 is 1.45 bits per heavy atom. The van der Waals surface area contributed by atoms with Crippen LogP contribution in [0.3, 0.4) is 0 Å². The van der Waals surface area contributed by atoms with Crippen LogP contribution < -0.4 is 4.90 Å². The number of nitrogens with zero attached hydrogens (tertiary/aromatic N) is 1. The summed E-state index contributed by atoms with van der Waals surface area (Å²) in [5, 5.41) is 9.09. The molecular formula is C13H16F3NO3. The molecule has 0 aliphatic heterocycles. The molecule has 0 aliphatic rings. The van der Waals surface area contributed by atoms with Crippen molar-refractivity contribution >= 4 is 11.7 Å². The van der Waals surface area contributed by atoms with Gasteiger partial charge in [0.05, 0.1) is 23.4 Å². The van der Waals surface area contributed by atoms with Gasteiger partial charge in [-0.25, -0.2) is 4.79 Å². The quantitative estimate of drug-likeness (QED) is 0.906. The maximum atomic E-state index is 12.6. The van der Waals surface area contributed by atoms with Gasteiger partial charge in [0.25, 0.3) is 0 Å². The van der Waals surface area contributed by atoms with Crippen molar-refractivity contribution in [2.24, 2.45) is 0 Å². The molecular weight excluding hydrogens is 275 g/mol. The molecule has 1 atom stereocenters. The van der Waals surface area contributed by atoms with E-state index in [9.17, 15) is 18.0 Å². The van der Waals surface area contributed by atoms with Crippen molar-refractivity contribution in [2.45, 2.75) is 19.1 Å². The Hall–Kier alpha value is -1.76. The minimum Gasteiger partial charge on any atom is -0.478 e. The summed E-state index contributed by atoms with van der Waals surface area (Å²) in [7, 11) is 3.11. The molecule has 0 spiro atoms.